The Morgan fingerprint density at radius 1 is 1.12 bits per heavy atom. The molecule has 3 aromatic rings. The third-order valence-corrected chi connectivity index (χ3v) is 10.9. The lowest BCUT2D eigenvalue weighted by molar-refractivity contribution is 0.0904. The van der Waals surface area contributed by atoms with Crippen molar-refractivity contribution in [1.29, 1.82) is 0 Å². The average molecular weight is 617 g/mol. The highest BCUT2D eigenvalue weighted by Crippen LogP contribution is 2.34. The summed E-state index contributed by atoms with van der Waals surface area (Å²) in [5.41, 5.74) is 1.19. The van der Waals surface area contributed by atoms with Gasteiger partial charge < -0.3 is 14.6 Å². The first-order valence-electron chi connectivity index (χ1n) is 13.2. The van der Waals surface area contributed by atoms with E-state index in [-0.39, 0.29) is 23.7 Å². The Hall–Kier alpha value is -3.47. The first-order valence-corrected chi connectivity index (χ1v) is 16.1. The van der Waals surface area contributed by atoms with Crippen LogP contribution in [0.3, 0.4) is 0 Å². The summed E-state index contributed by atoms with van der Waals surface area (Å²) in [4.78, 5) is -0.602. The van der Waals surface area contributed by atoms with Gasteiger partial charge in [0.15, 0.2) is 0 Å². The molecule has 4 rings (SSSR count). The second kappa shape index (κ2) is 12.8. The lowest BCUT2D eigenvalue weighted by Gasteiger charge is -2.37. The standard InChI is InChI=1S/C30H33FN2O7S2/c1-21-18-33(22(2)20-34)42(37,38)30-16-13-24(10-9-23-11-14-25(39-4)15-12-23)17-27(30)40-28(21)19-32(3)41(35,36)29-8-6-5-7-26(29)31/h5-8,11-17,21-22,28,34H,18-20H2,1-4H3/t21-,22+,28+/m1/s1. The molecule has 0 aliphatic carbocycles. The van der Waals surface area contributed by atoms with Gasteiger partial charge in [-0.3, -0.25) is 0 Å². The molecule has 9 nitrogen and oxygen atoms in total. The van der Waals surface area contributed by atoms with Crippen LogP contribution in [0.15, 0.2) is 76.5 Å². The van der Waals surface area contributed by atoms with Crippen LogP contribution in [0.25, 0.3) is 0 Å². The average Bonchev–Trinajstić information content (AvgIpc) is 2.97. The van der Waals surface area contributed by atoms with Crippen molar-refractivity contribution in [3.05, 3.63) is 83.7 Å². The number of ether oxygens (including phenoxy) is 2. The molecule has 1 N–H and O–H groups in total. The van der Waals surface area contributed by atoms with Crippen LogP contribution in [0.1, 0.15) is 25.0 Å². The summed E-state index contributed by atoms with van der Waals surface area (Å²) in [6.07, 6.45) is -0.830. The summed E-state index contributed by atoms with van der Waals surface area (Å²) in [6.45, 7) is 2.67. The molecule has 0 unspecified atom stereocenters. The maximum absolute atomic E-state index is 14.4. The predicted octanol–water partition coefficient (Wildman–Crippen LogP) is 3.32. The number of nitrogens with zero attached hydrogens (tertiary/aromatic N) is 2. The molecule has 0 bridgehead atoms. The van der Waals surface area contributed by atoms with E-state index in [1.807, 2.05) is 0 Å². The number of aliphatic hydroxyl groups is 1. The molecule has 0 amide bonds. The van der Waals surface area contributed by atoms with Gasteiger partial charge in [0.25, 0.3) is 0 Å². The van der Waals surface area contributed by atoms with Crippen molar-refractivity contribution in [2.24, 2.45) is 5.92 Å². The largest absolute Gasteiger partial charge is 0.497 e. The van der Waals surface area contributed by atoms with E-state index in [1.54, 1.807) is 51.3 Å². The minimum atomic E-state index is -4.23. The number of hydrogen-bond acceptors (Lipinski definition) is 7. The van der Waals surface area contributed by atoms with E-state index in [0.29, 0.717) is 16.9 Å². The topological polar surface area (TPSA) is 113 Å². The zero-order valence-corrected chi connectivity index (χ0v) is 25.3. The van der Waals surface area contributed by atoms with Crippen LogP contribution in [0, 0.1) is 23.6 Å². The second-order valence-corrected chi connectivity index (χ2v) is 14.0. The molecule has 12 heteroatoms. The first-order chi connectivity index (χ1) is 19.9. The van der Waals surface area contributed by atoms with Gasteiger partial charge in [0.1, 0.15) is 33.2 Å². The Labute approximate surface area is 246 Å². The normalized spacial score (nSPS) is 19.4. The van der Waals surface area contributed by atoms with Crippen molar-refractivity contribution in [3.8, 4) is 23.3 Å². The van der Waals surface area contributed by atoms with E-state index in [9.17, 15) is 26.3 Å². The van der Waals surface area contributed by atoms with Crippen molar-refractivity contribution < 1.29 is 35.8 Å². The van der Waals surface area contributed by atoms with Crippen LogP contribution >= 0.6 is 0 Å². The number of hydrogen-bond donors (Lipinski definition) is 1. The molecule has 3 aromatic carbocycles. The Morgan fingerprint density at radius 2 is 1.76 bits per heavy atom. The Balaban J connectivity index is 1.74. The van der Waals surface area contributed by atoms with E-state index in [4.69, 9.17) is 9.47 Å². The molecule has 0 fully saturated rings. The van der Waals surface area contributed by atoms with E-state index in [2.05, 4.69) is 11.8 Å². The quantitative estimate of drug-likeness (QED) is 0.405. The van der Waals surface area contributed by atoms with E-state index in [0.717, 1.165) is 10.4 Å². The number of fused-ring (bicyclic) bond motifs is 1. The number of benzene rings is 3. The molecular formula is C30H33FN2O7S2. The number of methoxy groups -OCH3 is 1. The van der Waals surface area contributed by atoms with Crippen molar-refractivity contribution in [3.63, 3.8) is 0 Å². The number of rotatable bonds is 7. The number of sulfonamides is 2. The fraction of sp³-hybridized carbons (Fsp3) is 0.333. The summed E-state index contributed by atoms with van der Waals surface area (Å²) in [7, 11) is -5.44. The Bertz CT molecular complexity index is 1700. The van der Waals surface area contributed by atoms with Gasteiger partial charge in [0, 0.05) is 36.7 Å². The first kappa shape index (κ1) is 31.5. The number of halogens is 1. The minimum absolute atomic E-state index is 0.0000830. The van der Waals surface area contributed by atoms with E-state index >= 15 is 0 Å². The highest BCUT2D eigenvalue weighted by molar-refractivity contribution is 7.89. The number of aliphatic hydroxyl groups excluding tert-OH is 1. The van der Waals surface area contributed by atoms with Gasteiger partial charge in [-0.2, -0.15) is 8.61 Å². The molecule has 1 aliphatic rings. The second-order valence-electron chi connectivity index (χ2n) is 10.1. The van der Waals surface area contributed by atoms with Crippen LogP contribution in [0.2, 0.25) is 0 Å². The van der Waals surface area contributed by atoms with Crippen molar-refractivity contribution in [2.75, 3.05) is 33.9 Å². The van der Waals surface area contributed by atoms with E-state index in [1.165, 1.54) is 41.7 Å². The highest BCUT2D eigenvalue weighted by atomic mass is 32.2. The van der Waals surface area contributed by atoms with Gasteiger partial charge in [0.2, 0.25) is 20.0 Å². The maximum Gasteiger partial charge on any atom is 0.247 e. The smallest absolute Gasteiger partial charge is 0.247 e. The molecule has 0 saturated heterocycles. The maximum atomic E-state index is 14.4. The minimum Gasteiger partial charge on any atom is -0.497 e. The lowest BCUT2D eigenvalue weighted by Crippen LogP contribution is -2.50. The van der Waals surface area contributed by atoms with Gasteiger partial charge in [-0.25, -0.2) is 21.2 Å². The van der Waals surface area contributed by atoms with Crippen LogP contribution in [-0.4, -0.2) is 76.6 Å². The van der Waals surface area contributed by atoms with Gasteiger partial charge in [0.05, 0.1) is 20.3 Å². The fourth-order valence-corrected chi connectivity index (χ4v) is 7.58. The van der Waals surface area contributed by atoms with Crippen molar-refractivity contribution >= 4 is 20.0 Å². The monoisotopic (exact) mass is 616 g/mol. The zero-order chi connectivity index (χ0) is 30.7. The highest BCUT2D eigenvalue weighted by Gasteiger charge is 2.39. The van der Waals surface area contributed by atoms with Crippen LogP contribution < -0.4 is 9.47 Å². The molecule has 1 heterocycles. The third-order valence-electron chi connectivity index (χ3n) is 7.07. The third kappa shape index (κ3) is 6.61. The summed E-state index contributed by atoms with van der Waals surface area (Å²) >= 11 is 0. The molecule has 224 valence electrons. The van der Waals surface area contributed by atoms with Crippen LogP contribution in [0.5, 0.6) is 11.5 Å². The summed E-state index contributed by atoms with van der Waals surface area (Å²) < 4.78 is 81.9. The Kier molecular flexibility index (Phi) is 9.60. The van der Waals surface area contributed by atoms with Crippen LogP contribution in [0.4, 0.5) is 4.39 Å². The lowest BCUT2D eigenvalue weighted by atomic mass is 10.0. The van der Waals surface area contributed by atoms with Crippen molar-refractivity contribution in [2.45, 2.75) is 35.8 Å². The van der Waals surface area contributed by atoms with Crippen molar-refractivity contribution in [1.82, 2.24) is 8.61 Å². The van der Waals surface area contributed by atoms with Gasteiger partial charge in [-0.15, -0.1) is 0 Å². The SMILES string of the molecule is COc1ccc(C#Cc2ccc3c(c2)O[C@@H](CN(C)S(=O)(=O)c2ccccc2F)[C@H](C)CN([C@@H](C)CO)S3(=O)=O)cc1. The Morgan fingerprint density at radius 3 is 2.40 bits per heavy atom. The molecule has 0 saturated carbocycles. The summed E-state index contributed by atoms with van der Waals surface area (Å²) in [6, 6.07) is 15.9. The summed E-state index contributed by atoms with van der Waals surface area (Å²) in [5, 5.41) is 9.85. The van der Waals surface area contributed by atoms with E-state index < -0.39 is 55.4 Å². The van der Waals surface area contributed by atoms with Gasteiger partial charge in [-0.1, -0.05) is 30.9 Å². The molecule has 1 aliphatic heterocycles. The molecular weight excluding hydrogens is 583 g/mol. The predicted molar refractivity (Wildman–Crippen MR) is 156 cm³/mol. The number of likely N-dealkylation sites (N-methyl/N-ethyl adjacent to an activating group) is 1. The van der Waals surface area contributed by atoms with Crippen LogP contribution in [-0.2, 0) is 20.0 Å². The molecule has 3 atom stereocenters. The fourth-order valence-electron chi connectivity index (χ4n) is 4.51. The summed E-state index contributed by atoms with van der Waals surface area (Å²) in [5.74, 6) is 5.32. The zero-order valence-electron chi connectivity index (χ0n) is 23.7. The molecule has 0 spiro atoms. The van der Waals surface area contributed by atoms with Gasteiger partial charge in [-0.05, 0) is 61.5 Å². The molecule has 0 aromatic heterocycles. The molecule has 42 heavy (non-hydrogen) atoms. The molecule has 0 radical (unpaired) electrons. The van der Waals surface area contributed by atoms with Gasteiger partial charge >= 0.3 is 0 Å².